The van der Waals surface area contributed by atoms with Gasteiger partial charge in [-0.3, -0.25) is 4.79 Å². The molecule has 0 aliphatic carbocycles. The monoisotopic (exact) mass is 378 g/mol. The van der Waals surface area contributed by atoms with Gasteiger partial charge in [-0.2, -0.15) is 0 Å². The Morgan fingerprint density at radius 2 is 1.81 bits per heavy atom. The second kappa shape index (κ2) is 7.48. The van der Waals surface area contributed by atoms with Gasteiger partial charge in [0.15, 0.2) is 0 Å². The van der Waals surface area contributed by atoms with E-state index in [0.717, 1.165) is 46.3 Å². The highest BCUT2D eigenvalue weighted by Crippen LogP contribution is 2.25. The molecule has 3 heterocycles. The molecule has 0 N–H and O–H groups in total. The molecule has 138 valence electrons. The maximum atomic E-state index is 12.8. The van der Waals surface area contributed by atoms with Crippen LogP contribution in [0.25, 0.3) is 10.6 Å². The number of aromatic nitrogens is 2. The number of rotatable bonds is 3. The van der Waals surface area contributed by atoms with Crippen LogP contribution in [-0.4, -0.2) is 47.0 Å². The van der Waals surface area contributed by atoms with Gasteiger partial charge in [-0.1, -0.05) is 18.2 Å². The Morgan fingerprint density at radius 3 is 2.44 bits per heavy atom. The van der Waals surface area contributed by atoms with Crippen LogP contribution in [0.4, 0.5) is 5.82 Å². The Bertz CT molecular complexity index is 943. The van der Waals surface area contributed by atoms with Crippen LogP contribution in [0.1, 0.15) is 21.6 Å². The highest BCUT2D eigenvalue weighted by atomic mass is 32.1. The van der Waals surface area contributed by atoms with Crippen molar-refractivity contribution in [3.8, 4) is 10.6 Å². The molecule has 1 saturated heterocycles. The largest absolute Gasteiger partial charge is 0.353 e. The predicted molar refractivity (Wildman–Crippen MR) is 109 cm³/mol. The number of aryl methyl sites for hydroxylation is 2. The quantitative estimate of drug-likeness (QED) is 0.696. The Balaban J connectivity index is 1.40. The molecule has 0 bridgehead atoms. The van der Waals surface area contributed by atoms with Crippen molar-refractivity contribution >= 4 is 23.1 Å². The summed E-state index contributed by atoms with van der Waals surface area (Å²) >= 11 is 1.64. The number of anilines is 1. The van der Waals surface area contributed by atoms with Crippen LogP contribution in [0.15, 0.2) is 48.0 Å². The lowest BCUT2D eigenvalue weighted by Crippen LogP contribution is -2.49. The number of hydrogen-bond acceptors (Lipinski definition) is 5. The number of piperazine rings is 1. The molecule has 0 radical (unpaired) electrons. The van der Waals surface area contributed by atoms with Gasteiger partial charge in [0.05, 0.1) is 0 Å². The maximum Gasteiger partial charge on any atom is 0.254 e. The molecule has 0 saturated carbocycles. The van der Waals surface area contributed by atoms with Gasteiger partial charge < -0.3 is 9.80 Å². The smallest absolute Gasteiger partial charge is 0.254 e. The number of nitrogens with zero attached hydrogens (tertiary/aromatic N) is 4. The zero-order chi connectivity index (χ0) is 18.8. The lowest BCUT2D eigenvalue weighted by atomic mass is 10.1. The van der Waals surface area contributed by atoms with Gasteiger partial charge in [-0.25, -0.2) is 9.97 Å². The molecule has 1 aromatic carbocycles. The molecule has 5 nitrogen and oxygen atoms in total. The molecule has 0 spiro atoms. The van der Waals surface area contributed by atoms with E-state index < -0.39 is 0 Å². The molecular formula is C21H22N4OS. The lowest BCUT2D eigenvalue weighted by molar-refractivity contribution is 0.0746. The SMILES string of the molecule is Cc1csc(-c2ccc(N3CCN(C(=O)c4ccccc4C)CC3)nc2)n1. The molecule has 2 aromatic heterocycles. The third kappa shape index (κ3) is 3.71. The highest BCUT2D eigenvalue weighted by Gasteiger charge is 2.23. The Kier molecular flexibility index (Phi) is 4.90. The molecule has 0 atom stereocenters. The number of hydrogen-bond donors (Lipinski definition) is 0. The first-order valence-corrected chi connectivity index (χ1v) is 9.98. The molecule has 6 heteroatoms. The first kappa shape index (κ1) is 17.7. The van der Waals surface area contributed by atoms with Crippen LogP contribution < -0.4 is 4.90 Å². The summed E-state index contributed by atoms with van der Waals surface area (Å²) < 4.78 is 0. The third-order valence-electron chi connectivity index (χ3n) is 4.88. The van der Waals surface area contributed by atoms with Crippen LogP contribution in [0.5, 0.6) is 0 Å². The van der Waals surface area contributed by atoms with E-state index in [-0.39, 0.29) is 5.91 Å². The summed E-state index contributed by atoms with van der Waals surface area (Å²) in [5.41, 5.74) is 3.91. The van der Waals surface area contributed by atoms with Gasteiger partial charge in [0.2, 0.25) is 0 Å². The summed E-state index contributed by atoms with van der Waals surface area (Å²) in [5, 5.41) is 3.05. The van der Waals surface area contributed by atoms with Crippen molar-refractivity contribution in [2.75, 3.05) is 31.1 Å². The van der Waals surface area contributed by atoms with Gasteiger partial charge in [0.25, 0.3) is 5.91 Å². The van der Waals surface area contributed by atoms with Gasteiger partial charge in [-0.05, 0) is 37.6 Å². The second-order valence-electron chi connectivity index (χ2n) is 6.79. The number of thiazole rings is 1. The number of carbonyl (C=O) groups excluding carboxylic acids is 1. The van der Waals surface area contributed by atoms with E-state index in [0.29, 0.717) is 13.1 Å². The number of benzene rings is 1. The van der Waals surface area contributed by atoms with E-state index in [1.54, 1.807) is 11.3 Å². The van der Waals surface area contributed by atoms with Gasteiger partial charge in [0, 0.05) is 54.6 Å². The normalized spacial score (nSPS) is 14.4. The van der Waals surface area contributed by atoms with Gasteiger partial charge >= 0.3 is 0 Å². The number of amides is 1. The summed E-state index contributed by atoms with van der Waals surface area (Å²) in [6, 6.07) is 11.9. The van der Waals surface area contributed by atoms with E-state index in [9.17, 15) is 4.79 Å². The summed E-state index contributed by atoms with van der Waals surface area (Å²) in [5.74, 6) is 1.07. The lowest BCUT2D eigenvalue weighted by Gasteiger charge is -2.35. The van der Waals surface area contributed by atoms with E-state index in [4.69, 9.17) is 0 Å². The number of pyridine rings is 1. The minimum Gasteiger partial charge on any atom is -0.353 e. The maximum absolute atomic E-state index is 12.8. The summed E-state index contributed by atoms with van der Waals surface area (Å²) in [4.78, 5) is 26.1. The first-order valence-electron chi connectivity index (χ1n) is 9.10. The summed E-state index contributed by atoms with van der Waals surface area (Å²) in [6.07, 6.45) is 1.89. The van der Waals surface area contributed by atoms with Crippen LogP contribution in [0.2, 0.25) is 0 Å². The molecule has 3 aromatic rings. The van der Waals surface area contributed by atoms with Gasteiger partial charge in [-0.15, -0.1) is 11.3 Å². The Hall–Kier alpha value is -2.73. The van der Waals surface area contributed by atoms with E-state index in [2.05, 4.69) is 20.9 Å². The Labute approximate surface area is 163 Å². The van der Waals surface area contributed by atoms with Crippen LogP contribution in [-0.2, 0) is 0 Å². The molecule has 0 unspecified atom stereocenters. The van der Waals surface area contributed by atoms with Crippen molar-refractivity contribution in [1.29, 1.82) is 0 Å². The van der Waals surface area contributed by atoms with Crippen molar-refractivity contribution in [3.05, 3.63) is 64.8 Å². The zero-order valence-electron chi connectivity index (χ0n) is 15.6. The van der Waals surface area contributed by atoms with E-state index in [1.807, 2.05) is 60.7 Å². The first-order chi connectivity index (χ1) is 13.1. The third-order valence-corrected chi connectivity index (χ3v) is 5.89. The average molecular weight is 379 g/mol. The second-order valence-corrected chi connectivity index (χ2v) is 7.65. The number of carbonyl (C=O) groups is 1. The molecule has 1 fully saturated rings. The Morgan fingerprint density at radius 1 is 1.04 bits per heavy atom. The highest BCUT2D eigenvalue weighted by molar-refractivity contribution is 7.13. The predicted octanol–water partition coefficient (Wildman–Crippen LogP) is 3.78. The molecule has 27 heavy (non-hydrogen) atoms. The molecule has 1 aliphatic rings. The topological polar surface area (TPSA) is 49.3 Å². The van der Waals surface area contributed by atoms with Crippen molar-refractivity contribution in [3.63, 3.8) is 0 Å². The minimum atomic E-state index is 0.121. The fraction of sp³-hybridized carbons (Fsp3) is 0.286. The molecule has 1 aliphatic heterocycles. The fourth-order valence-electron chi connectivity index (χ4n) is 3.31. The van der Waals surface area contributed by atoms with Gasteiger partial charge in [0.1, 0.15) is 10.8 Å². The molecule has 1 amide bonds. The van der Waals surface area contributed by atoms with E-state index >= 15 is 0 Å². The summed E-state index contributed by atoms with van der Waals surface area (Å²) in [7, 11) is 0. The summed E-state index contributed by atoms with van der Waals surface area (Å²) in [6.45, 7) is 6.99. The van der Waals surface area contributed by atoms with Crippen LogP contribution in [0, 0.1) is 13.8 Å². The minimum absolute atomic E-state index is 0.121. The standard InChI is InChI=1S/C21H22N4OS/c1-15-5-3-4-6-18(15)21(26)25-11-9-24(10-12-25)19-8-7-17(13-22-19)20-23-16(2)14-27-20/h3-8,13-14H,9-12H2,1-2H3. The van der Waals surface area contributed by atoms with E-state index in [1.165, 1.54) is 0 Å². The molecular weight excluding hydrogens is 356 g/mol. The molecule has 4 rings (SSSR count). The van der Waals surface area contributed by atoms with Crippen molar-refractivity contribution in [2.45, 2.75) is 13.8 Å². The van der Waals surface area contributed by atoms with Crippen molar-refractivity contribution in [1.82, 2.24) is 14.9 Å². The average Bonchev–Trinajstić information content (AvgIpc) is 3.14. The van der Waals surface area contributed by atoms with Crippen LogP contribution >= 0.6 is 11.3 Å². The zero-order valence-corrected chi connectivity index (χ0v) is 16.4. The fourth-order valence-corrected chi connectivity index (χ4v) is 4.10. The van der Waals surface area contributed by atoms with Crippen LogP contribution in [0.3, 0.4) is 0 Å². The van der Waals surface area contributed by atoms with Crippen molar-refractivity contribution in [2.24, 2.45) is 0 Å². The van der Waals surface area contributed by atoms with Crippen molar-refractivity contribution < 1.29 is 4.79 Å².